The number of ether oxygens (including phenoxy) is 1. The van der Waals surface area contributed by atoms with Gasteiger partial charge in [-0.3, -0.25) is 4.99 Å². The van der Waals surface area contributed by atoms with Gasteiger partial charge in [0.2, 0.25) is 0 Å². The molecule has 98 valence electrons. The van der Waals surface area contributed by atoms with E-state index in [-0.39, 0.29) is 5.75 Å². The van der Waals surface area contributed by atoms with Gasteiger partial charge in [-0.1, -0.05) is 24.3 Å². The molecule has 0 aliphatic carbocycles. The number of methoxy groups -OCH3 is 1. The molecule has 0 saturated heterocycles. The van der Waals surface area contributed by atoms with Crippen LogP contribution >= 0.6 is 0 Å². The summed E-state index contributed by atoms with van der Waals surface area (Å²) in [6, 6.07) is 11.4. The van der Waals surface area contributed by atoms with E-state index in [2.05, 4.69) is 4.99 Å². The molecular weight excluding hydrogens is 238 g/mol. The second-order valence-electron chi connectivity index (χ2n) is 4.40. The van der Waals surface area contributed by atoms with Crippen LogP contribution in [0.5, 0.6) is 11.5 Å². The zero-order valence-electron chi connectivity index (χ0n) is 11.3. The third-order valence-corrected chi connectivity index (χ3v) is 3.02. The highest BCUT2D eigenvalue weighted by Gasteiger charge is 2.05. The minimum absolute atomic E-state index is 0.111. The van der Waals surface area contributed by atoms with Crippen LogP contribution in [0.1, 0.15) is 16.7 Å². The van der Waals surface area contributed by atoms with Crippen LogP contribution in [0.2, 0.25) is 0 Å². The summed E-state index contributed by atoms with van der Waals surface area (Å²) in [7, 11) is 1.53. The van der Waals surface area contributed by atoms with E-state index in [4.69, 9.17) is 4.74 Å². The molecule has 0 fully saturated rings. The fourth-order valence-electron chi connectivity index (χ4n) is 1.95. The maximum atomic E-state index is 9.99. The average molecular weight is 255 g/mol. The molecule has 0 unspecified atom stereocenters. The van der Waals surface area contributed by atoms with Crippen LogP contribution in [-0.4, -0.2) is 18.4 Å². The number of aryl methyl sites for hydroxylation is 2. The number of hydrogen-bond acceptors (Lipinski definition) is 3. The lowest BCUT2D eigenvalue weighted by Gasteiger charge is -2.06. The lowest BCUT2D eigenvalue weighted by atomic mass is 10.1. The summed E-state index contributed by atoms with van der Waals surface area (Å²) in [6.07, 6.45) is 1.66. The number of rotatable bonds is 3. The van der Waals surface area contributed by atoms with Gasteiger partial charge in [-0.15, -0.1) is 0 Å². The maximum Gasteiger partial charge on any atom is 0.166 e. The molecule has 2 aromatic carbocycles. The van der Waals surface area contributed by atoms with E-state index in [1.165, 1.54) is 7.11 Å². The van der Waals surface area contributed by atoms with Crippen LogP contribution in [0.4, 0.5) is 5.69 Å². The van der Waals surface area contributed by atoms with E-state index in [1.807, 2.05) is 38.1 Å². The molecule has 0 aromatic heterocycles. The van der Waals surface area contributed by atoms with Crippen molar-refractivity contribution in [3.63, 3.8) is 0 Å². The van der Waals surface area contributed by atoms with Crippen molar-refractivity contribution in [2.75, 3.05) is 7.11 Å². The number of aliphatic imine (C=N–C) groups is 1. The topological polar surface area (TPSA) is 41.8 Å². The Bertz CT molecular complexity index is 598. The highest BCUT2D eigenvalue weighted by molar-refractivity contribution is 5.87. The normalized spacial score (nSPS) is 10.9. The van der Waals surface area contributed by atoms with Crippen LogP contribution in [0.15, 0.2) is 41.4 Å². The zero-order chi connectivity index (χ0) is 13.8. The van der Waals surface area contributed by atoms with E-state index in [1.54, 1.807) is 18.3 Å². The Kier molecular flexibility index (Phi) is 3.85. The lowest BCUT2D eigenvalue weighted by Crippen LogP contribution is -1.88. The van der Waals surface area contributed by atoms with Crippen molar-refractivity contribution in [1.82, 2.24) is 0 Å². The van der Waals surface area contributed by atoms with E-state index in [9.17, 15) is 5.11 Å². The molecular formula is C16H17NO2. The summed E-state index contributed by atoms with van der Waals surface area (Å²) in [4.78, 5) is 4.47. The molecule has 0 heterocycles. The van der Waals surface area contributed by atoms with Crippen LogP contribution in [0.25, 0.3) is 0 Å². The number of para-hydroxylation sites is 2. The molecule has 0 radical (unpaired) electrons. The number of nitrogens with zero attached hydrogens (tertiary/aromatic N) is 1. The van der Waals surface area contributed by atoms with Crippen molar-refractivity contribution in [2.45, 2.75) is 13.8 Å². The highest BCUT2D eigenvalue weighted by atomic mass is 16.5. The monoisotopic (exact) mass is 255 g/mol. The first-order valence-corrected chi connectivity index (χ1v) is 6.09. The van der Waals surface area contributed by atoms with E-state index >= 15 is 0 Å². The molecule has 0 saturated carbocycles. The van der Waals surface area contributed by atoms with Crippen LogP contribution in [-0.2, 0) is 0 Å². The van der Waals surface area contributed by atoms with Crippen molar-refractivity contribution in [3.8, 4) is 11.5 Å². The standard InChI is InChI=1S/C16H17NO2/c1-11-6-4-7-12(2)15(11)17-10-13-8-5-9-14(19-3)16(13)18/h4-10,18H,1-3H3. The Hall–Kier alpha value is -2.29. The Morgan fingerprint density at radius 2 is 1.68 bits per heavy atom. The maximum absolute atomic E-state index is 9.99. The lowest BCUT2D eigenvalue weighted by molar-refractivity contribution is 0.373. The predicted octanol–water partition coefficient (Wildman–Crippen LogP) is 3.77. The van der Waals surface area contributed by atoms with Crippen LogP contribution in [0, 0.1) is 13.8 Å². The van der Waals surface area contributed by atoms with Gasteiger partial charge < -0.3 is 9.84 Å². The van der Waals surface area contributed by atoms with Gasteiger partial charge in [0.15, 0.2) is 11.5 Å². The fourth-order valence-corrected chi connectivity index (χ4v) is 1.95. The number of phenols is 1. The van der Waals surface area contributed by atoms with E-state index in [0.717, 1.165) is 16.8 Å². The number of phenolic OH excluding ortho intramolecular Hbond substituents is 1. The molecule has 1 N–H and O–H groups in total. The fraction of sp³-hybridized carbons (Fsp3) is 0.188. The Balaban J connectivity index is 2.38. The quantitative estimate of drug-likeness (QED) is 0.848. The summed E-state index contributed by atoms with van der Waals surface area (Å²) >= 11 is 0. The van der Waals surface area contributed by atoms with Crippen LogP contribution in [0.3, 0.4) is 0 Å². The van der Waals surface area contributed by atoms with Crippen molar-refractivity contribution < 1.29 is 9.84 Å². The van der Waals surface area contributed by atoms with Gasteiger partial charge >= 0.3 is 0 Å². The molecule has 3 heteroatoms. The van der Waals surface area contributed by atoms with Gasteiger partial charge in [0.1, 0.15) is 0 Å². The molecule has 2 aromatic rings. The molecule has 2 rings (SSSR count). The van der Waals surface area contributed by atoms with E-state index in [0.29, 0.717) is 11.3 Å². The molecule has 3 nitrogen and oxygen atoms in total. The molecule has 0 spiro atoms. The van der Waals surface area contributed by atoms with Gasteiger partial charge in [-0.25, -0.2) is 0 Å². The summed E-state index contributed by atoms with van der Waals surface area (Å²) in [5, 5.41) is 9.99. The first-order chi connectivity index (χ1) is 9.13. The van der Waals surface area contributed by atoms with Crippen molar-refractivity contribution in [2.24, 2.45) is 4.99 Å². The van der Waals surface area contributed by atoms with Crippen molar-refractivity contribution in [1.29, 1.82) is 0 Å². The number of benzene rings is 2. The Morgan fingerprint density at radius 1 is 1.05 bits per heavy atom. The molecule has 0 aliphatic rings. The largest absolute Gasteiger partial charge is 0.504 e. The third kappa shape index (κ3) is 2.76. The van der Waals surface area contributed by atoms with Gasteiger partial charge in [0.25, 0.3) is 0 Å². The van der Waals surface area contributed by atoms with Gasteiger partial charge in [-0.2, -0.15) is 0 Å². The first-order valence-electron chi connectivity index (χ1n) is 6.09. The first kappa shape index (κ1) is 13.1. The number of aromatic hydroxyl groups is 1. The number of hydrogen-bond donors (Lipinski definition) is 1. The summed E-state index contributed by atoms with van der Waals surface area (Å²) in [6.45, 7) is 4.04. The van der Waals surface area contributed by atoms with Gasteiger partial charge in [0.05, 0.1) is 12.8 Å². The molecule has 19 heavy (non-hydrogen) atoms. The van der Waals surface area contributed by atoms with Gasteiger partial charge in [-0.05, 0) is 37.1 Å². The summed E-state index contributed by atoms with van der Waals surface area (Å²) < 4.78 is 5.07. The Morgan fingerprint density at radius 3 is 2.32 bits per heavy atom. The smallest absolute Gasteiger partial charge is 0.166 e. The Labute approximate surface area is 113 Å². The minimum atomic E-state index is 0.111. The van der Waals surface area contributed by atoms with Crippen molar-refractivity contribution in [3.05, 3.63) is 53.1 Å². The van der Waals surface area contributed by atoms with E-state index < -0.39 is 0 Å². The SMILES string of the molecule is COc1cccc(C=Nc2c(C)cccc2C)c1O. The molecule has 0 atom stereocenters. The van der Waals surface area contributed by atoms with Crippen LogP contribution < -0.4 is 4.74 Å². The molecule has 0 amide bonds. The summed E-state index contributed by atoms with van der Waals surface area (Å²) in [5.74, 6) is 0.561. The predicted molar refractivity (Wildman–Crippen MR) is 77.8 cm³/mol. The summed E-state index contributed by atoms with van der Waals surface area (Å²) in [5.41, 5.74) is 3.80. The second kappa shape index (κ2) is 5.57. The van der Waals surface area contributed by atoms with Crippen molar-refractivity contribution >= 4 is 11.9 Å². The zero-order valence-corrected chi connectivity index (χ0v) is 11.3. The van der Waals surface area contributed by atoms with Gasteiger partial charge in [0, 0.05) is 11.8 Å². The highest BCUT2D eigenvalue weighted by Crippen LogP contribution is 2.29. The third-order valence-electron chi connectivity index (χ3n) is 3.02. The average Bonchev–Trinajstić information content (AvgIpc) is 2.40. The molecule has 0 bridgehead atoms. The minimum Gasteiger partial charge on any atom is -0.504 e. The second-order valence-corrected chi connectivity index (χ2v) is 4.40. The molecule has 0 aliphatic heterocycles.